The summed E-state index contributed by atoms with van der Waals surface area (Å²) in [5.41, 5.74) is 0. The van der Waals surface area contributed by atoms with Gasteiger partial charge in [0.15, 0.2) is 0 Å². The van der Waals surface area contributed by atoms with Crippen molar-refractivity contribution in [1.29, 1.82) is 0 Å². The van der Waals surface area contributed by atoms with Gasteiger partial charge in [0.2, 0.25) is 0 Å². The van der Waals surface area contributed by atoms with Crippen molar-refractivity contribution >= 4 is 5.97 Å². The molecule has 0 aromatic heterocycles. The Labute approximate surface area is 78.8 Å². The third-order valence-corrected chi connectivity index (χ3v) is 2.33. The summed E-state index contributed by atoms with van der Waals surface area (Å²) in [6, 6.07) is 0. The zero-order valence-electron chi connectivity index (χ0n) is 8.09. The predicted octanol–water partition coefficient (Wildman–Crippen LogP) is 0.408. The molecular formula is C10H15NO2. The third-order valence-electron chi connectivity index (χ3n) is 2.33. The number of hydrogen-bond donors (Lipinski definition) is 1. The molecule has 0 saturated carbocycles. The number of methoxy groups -OCH3 is 1. The van der Waals surface area contributed by atoms with Crippen molar-refractivity contribution < 1.29 is 9.53 Å². The fourth-order valence-corrected chi connectivity index (χ4v) is 1.43. The van der Waals surface area contributed by atoms with Crippen LogP contribution in [-0.4, -0.2) is 26.2 Å². The fourth-order valence-electron chi connectivity index (χ4n) is 1.43. The minimum atomic E-state index is -0.439. The molecule has 0 aromatic carbocycles. The maximum Gasteiger partial charge on any atom is 0.384 e. The van der Waals surface area contributed by atoms with Gasteiger partial charge in [0, 0.05) is 11.8 Å². The number of rotatable bonds is 0. The zero-order chi connectivity index (χ0) is 9.68. The summed E-state index contributed by atoms with van der Waals surface area (Å²) in [6.45, 7) is 4.12. The number of carbonyl (C=O) groups excluding carboxylic acids is 1. The largest absolute Gasteiger partial charge is 0.459 e. The number of hydrogen-bond acceptors (Lipinski definition) is 3. The van der Waals surface area contributed by atoms with Crippen LogP contribution in [0.15, 0.2) is 0 Å². The zero-order valence-corrected chi connectivity index (χ0v) is 8.09. The van der Waals surface area contributed by atoms with E-state index in [4.69, 9.17) is 0 Å². The van der Waals surface area contributed by atoms with Crippen LogP contribution in [-0.2, 0) is 9.53 Å². The highest BCUT2D eigenvalue weighted by Gasteiger charge is 2.18. The van der Waals surface area contributed by atoms with Gasteiger partial charge in [-0.1, -0.05) is 12.8 Å². The Hall–Kier alpha value is -1.01. The third kappa shape index (κ3) is 3.08. The average molecular weight is 181 g/mol. The second kappa shape index (κ2) is 4.88. The van der Waals surface area contributed by atoms with Gasteiger partial charge in [-0.3, -0.25) is 0 Å². The molecule has 0 aliphatic carbocycles. The van der Waals surface area contributed by atoms with E-state index in [0.29, 0.717) is 11.8 Å². The maximum absolute atomic E-state index is 10.7. The van der Waals surface area contributed by atoms with Gasteiger partial charge < -0.3 is 10.1 Å². The molecular weight excluding hydrogens is 166 g/mol. The molecule has 1 N–H and O–H groups in total. The lowest BCUT2D eigenvalue weighted by molar-refractivity contribution is -0.133. The van der Waals surface area contributed by atoms with Gasteiger partial charge in [-0.25, -0.2) is 4.79 Å². The van der Waals surface area contributed by atoms with E-state index in [-0.39, 0.29) is 0 Å². The first-order valence-corrected chi connectivity index (χ1v) is 4.54. The van der Waals surface area contributed by atoms with Crippen molar-refractivity contribution in [2.45, 2.75) is 13.3 Å². The van der Waals surface area contributed by atoms with Crippen molar-refractivity contribution in [2.75, 3.05) is 20.2 Å². The van der Waals surface area contributed by atoms with Crippen molar-refractivity contribution in [3.05, 3.63) is 0 Å². The van der Waals surface area contributed by atoms with Crippen molar-refractivity contribution in [3.8, 4) is 11.8 Å². The molecule has 72 valence electrons. The summed E-state index contributed by atoms with van der Waals surface area (Å²) in [6.07, 6.45) is 1.02. The van der Waals surface area contributed by atoms with Gasteiger partial charge in [0.25, 0.3) is 0 Å². The monoisotopic (exact) mass is 181 g/mol. The summed E-state index contributed by atoms with van der Waals surface area (Å²) in [4.78, 5) is 10.7. The highest BCUT2D eigenvalue weighted by atomic mass is 16.5. The van der Waals surface area contributed by atoms with Gasteiger partial charge in [0.1, 0.15) is 0 Å². The normalized spacial score (nSPS) is 27.2. The molecule has 2 atom stereocenters. The molecule has 1 saturated heterocycles. The second-order valence-electron chi connectivity index (χ2n) is 3.34. The molecule has 3 nitrogen and oxygen atoms in total. The van der Waals surface area contributed by atoms with E-state index < -0.39 is 5.97 Å². The SMILES string of the molecule is COC(=O)C#CC1CCNCC1C. The molecule has 1 aliphatic rings. The summed E-state index contributed by atoms with van der Waals surface area (Å²) >= 11 is 0. The van der Waals surface area contributed by atoms with Crippen LogP contribution in [0.2, 0.25) is 0 Å². The van der Waals surface area contributed by atoms with Crippen LogP contribution in [0.25, 0.3) is 0 Å². The lowest BCUT2D eigenvalue weighted by Gasteiger charge is -2.25. The molecule has 3 heteroatoms. The fraction of sp³-hybridized carbons (Fsp3) is 0.700. The minimum Gasteiger partial charge on any atom is -0.459 e. The maximum atomic E-state index is 10.7. The molecule has 0 spiro atoms. The van der Waals surface area contributed by atoms with Gasteiger partial charge in [-0.2, -0.15) is 0 Å². The van der Waals surface area contributed by atoms with Gasteiger partial charge >= 0.3 is 5.97 Å². The van der Waals surface area contributed by atoms with Crippen molar-refractivity contribution in [2.24, 2.45) is 11.8 Å². The van der Waals surface area contributed by atoms with Crippen molar-refractivity contribution in [1.82, 2.24) is 5.32 Å². The lowest BCUT2D eigenvalue weighted by atomic mass is 9.88. The minimum absolute atomic E-state index is 0.334. The molecule has 0 radical (unpaired) electrons. The summed E-state index contributed by atoms with van der Waals surface area (Å²) in [5, 5.41) is 3.28. The summed E-state index contributed by atoms with van der Waals surface area (Å²) in [5.74, 6) is 5.86. The lowest BCUT2D eigenvalue weighted by Crippen LogP contribution is -2.34. The number of esters is 1. The molecule has 0 aromatic rings. The number of nitrogens with one attached hydrogen (secondary N) is 1. The van der Waals surface area contributed by atoms with Crippen LogP contribution in [0, 0.1) is 23.7 Å². The van der Waals surface area contributed by atoms with Crippen LogP contribution < -0.4 is 5.32 Å². The first-order chi connectivity index (χ1) is 6.24. The number of piperidine rings is 1. The quantitative estimate of drug-likeness (QED) is 0.334. The van der Waals surface area contributed by atoms with Gasteiger partial charge in [-0.15, -0.1) is 0 Å². The topological polar surface area (TPSA) is 38.3 Å². The molecule has 1 heterocycles. The highest BCUT2D eigenvalue weighted by Crippen LogP contribution is 2.16. The number of carbonyl (C=O) groups is 1. The van der Waals surface area contributed by atoms with Crippen LogP contribution >= 0.6 is 0 Å². The van der Waals surface area contributed by atoms with Crippen LogP contribution in [0.1, 0.15) is 13.3 Å². The molecule has 1 aliphatic heterocycles. The van der Waals surface area contributed by atoms with E-state index in [2.05, 4.69) is 28.8 Å². The van der Waals surface area contributed by atoms with E-state index in [0.717, 1.165) is 19.5 Å². The molecule has 2 unspecified atom stereocenters. The Kier molecular flexibility index (Phi) is 3.78. The first kappa shape index (κ1) is 10.1. The molecule has 0 amide bonds. The Bertz CT molecular complexity index is 239. The van der Waals surface area contributed by atoms with E-state index >= 15 is 0 Å². The van der Waals surface area contributed by atoms with Crippen LogP contribution in [0.3, 0.4) is 0 Å². The van der Waals surface area contributed by atoms with E-state index in [1.54, 1.807) is 0 Å². The second-order valence-corrected chi connectivity index (χ2v) is 3.34. The van der Waals surface area contributed by atoms with Crippen molar-refractivity contribution in [3.63, 3.8) is 0 Å². The van der Waals surface area contributed by atoms with Gasteiger partial charge in [0.05, 0.1) is 7.11 Å². The predicted molar refractivity (Wildman–Crippen MR) is 49.9 cm³/mol. The average Bonchev–Trinajstić information content (AvgIpc) is 2.16. The first-order valence-electron chi connectivity index (χ1n) is 4.54. The van der Waals surface area contributed by atoms with Gasteiger partial charge in [-0.05, 0) is 25.4 Å². The molecule has 1 rings (SSSR count). The molecule has 13 heavy (non-hydrogen) atoms. The standard InChI is InChI=1S/C10H15NO2/c1-8-7-11-6-5-9(8)3-4-10(12)13-2/h8-9,11H,5-7H2,1-2H3. The van der Waals surface area contributed by atoms with Crippen LogP contribution in [0.4, 0.5) is 0 Å². The van der Waals surface area contributed by atoms with Crippen LogP contribution in [0.5, 0.6) is 0 Å². The molecule has 1 fully saturated rings. The van der Waals surface area contributed by atoms with E-state index in [1.165, 1.54) is 7.11 Å². The Morgan fingerprint density at radius 2 is 2.38 bits per heavy atom. The van der Waals surface area contributed by atoms with E-state index in [1.807, 2.05) is 0 Å². The summed E-state index contributed by atoms with van der Waals surface area (Å²) < 4.78 is 4.45. The summed E-state index contributed by atoms with van der Waals surface area (Å²) in [7, 11) is 1.35. The number of ether oxygens (including phenoxy) is 1. The smallest absolute Gasteiger partial charge is 0.384 e. The van der Waals surface area contributed by atoms with E-state index in [9.17, 15) is 4.79 Å². The Morgan fingerprint density at radius 3 is 3.00 bits per heavy atom. The Morgan fingerprint density at radius 1 is 1.62 bits per heavy atom. The Balaban J connectivity index is 2.49. The molecule has 0 bridgehead atoms. The highest BCUT2D eigenvalue weighted by molar-refractivity contribution is 5.88.